The maximum Gasteiger partial charge on any atom is 0.289 e. The first kappa shape index (κ1) is 20.5. The van der Waals surface area contributed by atoms with Crippen LogP contribution in [0.15, 0.2) is 69.2 Å². The van der Waals surface area contributed by atoms with Crippen LogP contribution in [-0.2, 0) is 6.54 Å². The van der Waals surface area contributed by atoms with Crippen LogP contribution in [-0.4, -0.2) is 46.9 Å². The Kier molecular flexibility index (Phi) is 5.55. The zero-order valence-electron chi connectivity index (χ0n) is 17.2. The number of nitrogens with zero attached hydrogens (tertiary/aromatic N) is 3. The average molecular weight is 450 g/mol. The number of piperazine rings is 1. The second-order valence-corrected chi connectivity index (χ2v) is 8.62. The zero-order valence-corrected chi connectivity index (χ0v) is 18.0. The predicted octanol–water partition coefficient (Wildman–Crippen LogP) is 4.01. The van der Waals surface area contributed by atoms with Crippen molar-refractivity contribution in [3.63, 3.8) is 0 Å². The molecule has 0 aliphatic carbocycles. The highest BCUT2D eigenvalue weighted by Gasteiger charge is 2.25. The van der Waals surface area contributed by atoms with Crippen molar-refractivity contribution in [1.29, 1.82) is 0 Å². The van der Waals surface area contributed by atoms with Crippen LogP contribution >= 0.6 is 11.3 Å². The van der Waals surface area contributed by atoms with Crippen molar-refractivity contribution in [3.8, 4) is 11.3 Å². The summed E-state index contributed by atoms with van der Waals surface area (Å²) in [5.41, 5.74) is 1.93. The van der Waals surface area contributed by atoms with Gasteiger partial charge in [-0.1, -0.05) is 12.1 Å². The number of carbonyl (C=O) groups excluding carboxylic acids is 1. The second kappa shape index (κ2) is 8.64. The molecule has 162 valence electrons. The van der Waals surface area contributed by atoms with Crippen molar-refractivity contribution in [2.75, 3.05) is 26.2 Å². The molecular formula is C24H20FN3O3S. The fraction of sp³-hybridized carbons (Fsp3) is 0.208. The van der Waals surface area contributed by atoms with E-state index in [1.807, 2.05) is 5.38 Å². The molecule has 0 bridgehead atoms. The molecule has 0 radical (unpaired) electrons. The Labute approximate surface area is 187 Å². The molecule has 1 amide bonds. The van der Waals surface area contributed by atoms with Crippen LogP contribution in [0, 0.1) is 5.82 Å². The van der Waals surface area contributed by atoms with Crippen LogP contribution < -0.4 is 5.43 Å². The summed E-state index contributed by atoms with van der Waals surface area (Å²) in [7, 11) is 0. The van der Waals surface area contributed by atoms with Gasteiger partial charge in [0.05, 0.1) is 17.6 Å². The minimum Gasteiger partial charge on any atom is -0.451 e. The van der Waals surface area contributed by atoms with Crippen LogP contribution in [0.2, 0.25) is 0 Å². The molecular weight excluding hydrogens is 429 g/mol. The molecule has 1 aliphatic heterocycles. The standard InChI is InChI=1S/C24H20FN3O3S/c25-17-7-5-16(6-8-17)19-15-32-23(26-19)14-27-9-11-28(12-10-27)24(30)22-13-20(29)18-3-1-2-4-21(18)31-22/h1-8,13,15H,9-12,14H2. The summed E-state index contributed by atoms with van der Waals surface area (Å²) in [5.74, 6) is -0.453. The molecule has 32 heavy (non-hydrogen) atoms. The minimum atomic E-state index is -0.264. The molecule has 0 unspecified atom stereocenters. The van der Waals surface area contributed by atoms with E-state index in [9.17, 15) is 14.0 Å². The van der Waals surface area contributed by atoms with Crippen molar-refractivity contribution in [3.05, 3.63) is 86.8 Å². The van der Waals surface area contributed by atoms with E-state index >= 15 is 0 Å². The summed E-state index contributed by atoms with van der Waals surface area (Å²) in [4.78, 5) is 33.8. The summed E-state index contributed by atoms with van der Waals surface area (Å²) in [6.07, 6.45) is 0. The van der Waals surface area contributed by atoms with E-state index in [2.05, 4.69) is 9.88 Å². The Bertz CT molecular complexity index is 1320. The third-order valence-corrected chi connectivity index (χ3v) is 6.39. The third-order valence-electron chi connectivity index (χ3n) is 5.56. The van der Waals surface area contributed by atoms with E-state index in [-0.39, 0.29) is 22.9 Å². The van der Waals surface area contributed by atoms with Crippen molar-refractivity contribution in [2.24, 2.45) is 0 Å². The van der Waals surface area contributed by atoms with Gasteiger partial charge < -0.3 is 9.32 Å². The molecule has 2 aromatic heterocycles. The highest BCUT2D eigenvalue weighted by atomic mass is 32.1. The minimum absolute atomic E-state index is 0.0750. The van der Waals surface area contributed by atoms with Gasteiger partial charge in [-0.3, -0.25) is 14.5 Å². The number of aromatic nitrogens is 1. The highest BCUT2D eigenvalue weighted by Crippen LogP contribution is 2.23. The molecule has 4 aromatic rings. The molecule has 0 atom stereocenters. The van der Waals surface area contributed by atoms with Crippen LogP contribution in [0.4, 0.5) is 4.39 Å². The van der Waals surface area contributed by atoms with Crippen LogP contribution in [0.5, 0.6) is 0 Å². The van der Waals surface area contributed by atoms with Gasteiger partial charge in [-0.05, 0) is 36.4 Å². The van der Waals surface area contributed by atoms with Gasteiger partial charge in [0.15, 0.2) is 11.2 Å². The van der Waals surface area contributed by atoms with E-state index in [4.69, 9.17) is 4.42 Å². The van der Waals surface area contributed by atoms with Gasteiger partial charge in [0.25, 0.3) is 5.91 Å². The number of thiazole rings is 1. The van der Waals surface area contributed by atoms with E-state index < -0.39 is 0 Å². The van der Waals surface area contributed by atoms with Gasteiger partial charge in [0.2, 0.25) is 0 Å². The first-order valence-corrected chi connectivity index (χ1v) is 11.2. The molecule has 0 saturated carbocycles. The fourth-order valence-corrected chi connectivity index (χ4v) is 4.65. The molecule has 5 rings (SSSR count). The van der Waals surface area contributed by atoms with Crippen molar-refractivity contribution in [1.82, 2.24) is 14.8 Å². The summed E-state index contributed by atoms with van der Waals surface area (Å²) >= 11 is 1.57. The monoisotopic (exact) mass is 449 g/mol. The number of para-hydroxylation sites is 1. The molecule has 1 aliphatic rings. The van der Waals surface area contributed by atoms with Crippen molar-refractivity contribution >= 4 is 28.2 Å². The van der Waals surface area contributed by atoms with E-state index in [0.717, 1.165) is 16.3 Å². The van der Waals surface area contributed by atoms with Gasteiger partial charge in [0.1, 0.15) is 16.4 Å². The lowest BCUT2D eigenvalue weighted by atomic mass is 10.2. The van der Waals surface area contributed by atoms with Gasteiger partial charge in [0, 0.05) is 43.2 Å². The Hall–Kier alpha value is -3.36. The van der Waals surface area contributed by atoms with E-state index in [0.29, 0.717) is 43.7 Å². The molecule has 0 spiro atoms. The van der Waals surface area contributed by atoms with Crippen molar-refractivity contribution < 1.29 is 13.6 Å². The number of carbonyl (C=O) groups is 1. The number of benzene rings is 2. The van der Waals surface area contributed by atoms with Crippen LogP contribution in [0.1, 0.15) is 15.6 Å². The molecule has 0 N–H and O–H groups in total. The quantitative estimate of drug-likeness (QED) is 0.471. The number of hydrogen-bond acceptors (Lipinski definition) is 6. The molecule has 1 fully saturated rings. The lowest BCUT2D eigenvalue weighted by molar-refractivity contribution is 0.0598. The fourth-order valence-electron chi connectivity index (χ4n) is 3.80. The van der Waals surface area contributed by atoms with Gasteiger partial charge in [-0.2, -0.15) is 0 Å². The Morgan fingerprint density at radius 1 is 1.06 bits per heavy atom. The van der Waals surface area contributed by atoms with Crippen LogP contribution in [0.25, 0.3) is 22.2 Å². The molecule has 3 heterocycles. The van der Waals surface area contributed by atoms with Gasteiger partial charge in [-0.15, -0.1) is 11.3 Å². The SMILES string of the molecule is O=C(c1cc(=O)c2ccccc2o1)N1CCN(Cc2nc(-c3ccc(F)cc3)cs2)CC1. The summed E-state index contributed by atoms with van der Waals surface area (Å²) < 4.78 is 18.8. The lowest BCUT2D eigenvalue weighted by Crippen LogP contribution is -2.48. The smallest absolute Gasteiger partial charge is 0.289 e. The normalized spacial score (nSPS) is 14.7. The summed E-state index contributed by atoms with van der Waals surface area (Å²) in [6.45, 7) is 3.19. The highest BCUT2D eigenvalue weighted by molar-refractivity contribution is 7.09. The maximum atomic E-state index is 13.1. The molecule has 1 saturated heterocycles. The van der Waals surface area contributed by atoms with Crippen molar-refractivity contribution in [2.45, 2.75) is 6.54 Å². The maximum absolute atomic E-state index is 13.1. The summed E-state index contributed by atoms with van der Waals surface area (Å²) in [6, 6.07) is 14.5. The number of fused-ring (bicyclic) bond motifs is 1. The largest absolute Gasteiger partial charge is 0.451 e. The second-order valence-electron chi connectivity index (χ2n) is 7.67. The topological polar surface area (TPSA) is 66.7 Å². The molecule has 6 nitrogen and oxygen atoms in total. The first-order chi connectivity index (χ1) is 15.6. The Morgan fingerprint density at radius 2 is 1.81 bits per heavy atom. The van der Waals surface area contributed by atoms with E-state index in [1.165, 1.54) is 18.2 Å². The summed E-state index contributed by atoms with van der Waals surface area (Å²) in [5, 5.41) is 3.42. The van der Waals surface area contributed by atoms with Crippen LogP contribution in [0.3, 0.4) is 0 Å². The molecule has 2 aromatic carbocycles. The van der Waals surface area contributed by atoms with Gasteiger partial charge in [-0.25, -0.2) is 9.37 Å². The third kappa shape index (κ3) is 4.19. The number of halogens is 1. The number of hydrogen-bond donors (Lipinski definition) is 0. The molecule has 8 heteroatoms. The first-order valence-electron chi connectivity index (χ1n) is 10.3. The lowest BCUT2D eigenvalue weighted by Gasteiger charge is -2.33. The Morgan fingerprint density at radius 3 is 2.59 bits per heavy atom. The number of rotatable bonds is 4. The van der Waals surface area contributed by atoms with E-state index in [1.54, 1.807) is 52.6 Å². The van der Waals surface area contributed by atoms with Gasteiger partial charge >= 0.3 is 0 Å². The Balaban J connectivity index is 1.21. The number of amides is 1. The predicted molar refractivity (Wildman–Crippen MR) is 121 cm³/mol. The average Bonchev–Trinajstić information content (AvgIpc) is 3.28. The zero-order chi connectivity index (χ0) is 22.1.